The molecular weight excluding hydrogens is 568 g/mol. The Hall–Kier alpha value is -3.95. The lowest BCUT2D eigenvalue weighted by atomic mass is 9.84. The maximum absolute atomic E-state index is 12.5. The van der Waals surface area contributed by atoms with E-state index in [0.29, 0.717) is 39.5 Å². The van der Waals surface area contributed by atoms with Gasteiger partial charge in [0, 0.05) is 18.4 Å². The fourth-order valence-electron chi connectivity index (χ4n) is 5.51. The number of hydroxylamine groups is 2. The highest BCUT2D eigenvalue weighted by Crippen LogP contribution is 2.32. The molecule has 238 valence electrons. The summed E-state index contributed by atoms with van der Waals surface area (Å²) in [6.45, 7) is 8.29. The minimum absolute atomic E-state index is 0.121. The highest BCUT2D eigenvalue weighted by molar-refractivity contribution is 5.82. The molecule has 1 saturated heterocycles. The van der Waals surface area contributed by atoms with Crippen molar-refractivity contribution in [2.24, 2.45) is 5.73 Å². The van der Waals surface area contributed by atoms with Crippen LogP contribution >= 0.6 is 0 Å². The summed E-state index contributed by atoms with van der Waals surface area (Å²) in [6, 6.07) is 32.4. The monoisotopic (exact) mass is 612 g/mol. The topological polar surface area (TPSA) is 92.5 Å². The van der Waals surface area contributed by atoms with Gasteiger partial charge >= 0.3 is 6.16 Å². The Balaban J connectivity index is 1.20. The molecular formula is C37H44N2O6. The first kappa shape index (κ1) is 32.4. The van der Waals surface area contributed by atoms with Crippen molar-refractivity contribution < 1.29 is 28.6 Å². The van der Waals surface area contributed by atoms with Crippen molar-refractivity contribution >= 4 is 16.9 Å². The van der Waals surface area contributed by atoms with Crippen LogP contribution in [0.1, 0.15) is 49.8 Å². The predicted molar refractivity (Wildman–Crippen MR) is 175 cm³/mol. The van der Waals surface area contributed by atoms with E-state index >= 15 is 0 Å². The van der Waals surface area contributed by atoms with Crippen molar-refractivity contribution in [2.45, 2.75) is 64.1 Å². The van der Waals surface area contributed by atoms with Crippen LogP contribution < -0.4 is 10.5 Å². The van der Waals surface area contributed by atoms with Crippen LogP contribution in [-0.4, -0.2) is 55.3 Å². The van der Waals surface area contributed by atoms with E-state index in [1.165, 1.54) is 5.39 Å². The fraction of sp³-hybridized carbons (Fsp3) is 0.378. The number of hydrogen-bond donors (Lipinski definition) is 1. The second kappa shape index (κ2) is 15.4. The zero-order valence-corrected chi connectivity index (χ0v) is 26.4. The van der Waals surface area contributed by atoms with E-state index in [1.54, 1.807) is 25.8 Å². The van der Waals surface area contributed by atoms with Gasteiger partial charge < -0.3 is 29.5 Å². The fourth-order valence-corrected chi connectivity index (χ4v) is 5.51. The van der Waals surface area contributed by atoms with Crippen molar-refractivity contribution in [1.82, 2.24) is 5.06 Å². The highest BCUT2D eigenvalue weighted by atomic mass is 16.8. The van der Waals surface area contributed by atoms with Crippen LogP contribution in [-0.2, 0) is 32.3 Å². The molecule has 3 atom stereocenters. The average Bonchev–Trinajstić information content (AvgIpc) is 3.01. The zero-order valence-electron chi connectivity index (χ0n) is 26.4. The lowest BCUT2D eigenvalue weighted by Gasteiger charge is -2.41. The molecule has 0 saturated carbocycles. The maximum atomic E-state index is 12.5. The first-order valence-corrected chi connectivity index (χ1v) is 15.6. The normalized spacial score (nSPS) is 18.9. The number of piperidine rings is 1. The van der Waals surface area contributed by atoms with Crippen molar-refractivity contribution in [3.8, 4) is 5.75 Å². The lowest BCUT2D eigenvalue weighted by Crippen LogP contribution is -2.55. The minimum atomic E-state index is -0.756. The Kier molecular flexibility index (Phi) is 11.1. The summed E-state index contributed by atoms with van der Waals surface area (Å²) in [5, 5.41) is 3.89. The number of carbonyl (C=O) groups excluding carboxylic acids is 1. The largest absolute Gasteiger partial charge is 0.528 e. The molecule has 2 N–H and O–H groups in total. The molecule has 8 heteroatoms. The third-order valence-corrected chi connectivity index (χ3v) is 7.61. The van der Waals surface area contributed by atoms with E-state index in [4.69, 9.17) is 29.5 Å². The van der Waals surface area contributed by atoms with E-state index < -0.39 is 11.8 Å². The van der Waals surface area contributed by atoms with Crippen LogP contribution in [0.5, 0.6) is 5.75 Å². The molecule has 45 heavy (non-hydrogen) atoms. The first-order chi connectivity index (χ1) is 21.7. The third kappa shape index (κ3) is 9.77. The predicted octanol–water partition coefficient (Wildman–Crippen LogP) is 7.00. The highest BCUT2D eigenvalue weighted by Gasteiger charge is 2.39. The molecule has 4 aromatic rings. The Morgan fingerprint density at radius 2 is 1.56 bits per heavy atom. The van der Waals surface area contributed by atoms with E-state index in [9.17, 15) is 4.79 Å². The van der Waals surface area contributed by atoms with E-state index in [2.05, 4.69) is 42.5 Å². The van der Waals surface area contributed by atoms with Gasteiger partial charge in [-0.15, -0.1) is 5.06 Å². The van der Waals surface area contributed by atoms with Gasteiger partial charge in [0.15, 0.2) is 0 Å². The molecule has 1 aliphatic heterocycles. The van der Waals surface area contributed by atoms with Gasteiger partial charge in [0.1, 0.15) is 11.4 Å². The lowest BCUT2D eigenvalue weighted by molar-refractivity contribution is -0.182. The Labute approximate surface area is 265 Å². The summed E-state index contributed by atoms with van der Waals surface area (Å²) in [4.78, 5) is 18.0. The summed E-state index contributed by atoms with van der Waals surface area (Å²) < 4.78 is 23.6. The second-order valence-corrected chi connectivity index (χ2v) is 12.4. The van der Waals surface area contributed by atoms with Gasteiger partial charge in [-0.05, 0) is 66.4 Å². The zero-order chi connectivity index (χ0) is 31.6. The Morgan fingerprint density at radius 3 is 2.31 bits per heavy atom. The standard InChI is InChI=1S/C37H44N2O6/c1-37(2,3)44-36(40)45-39-23-33(38)35(34(24-39)43-26-28-14-15-29-12-7-8-13-31(29)22-28)30-16-18-32(19-17-30)42-21-9-20-41-25-27-10-5-4-6-11-27/h4-8,10-19,22,33-35H,9,20-21,23-26,38H2,1-3H3. The molecule has 0 aromatic heterocycles. The number of benzene rings is 4. The molecule has 8 nitrogen and oxygen atoms in total. The Bertz CT molecular complexity index is 1510. The summed E-state index contributed by atoms with van der Waals surface area (Å²) in [5.41, 5.74) is 9.34. The molecule has 0 amide bonds. The number of rotatable bonds is 12. The molecule has 1 aliphatic rings. The number of nitrogens with two attached hydrogens (primary N) is 1. The molecule has 4 aromatic carbocycles. The SMILES string of the molecule is CC(C)(C)OC(=O)ON1CC(N)C(c2ccc(OCCCOCc3ccccc3)cc2)C(OCc2ccc3ccccc3c2)C1. The van der Waals surface area contributed by atoms with Gasteiger partial charge in [-0.2, -0.15) is 0 Å². The average molecular weight is 613 g/mol. The first-order valence-electron chi connectivity index (χ1n) is 15.6. The van der Waals surface area contributed by atoms with Crippen LogP contribution in [0.25, 0.3) is 10.8 Å². The summed E-state index contributed by atoms with van der Waals surface area (Å²) >= 11 is 0. The van der Waals surface area contributed by atoms with E-state index in [0.717, 1.165) is 34.2 Å². The van der Waals surface area contributed by atoms with Crippen molar-refractivity contribution in [2.75, 3.05) is 26.3 Å². The second-order valence-electron chi connectivity index (χ2n) is 12.4. The van der Waals surface area contributed by atoms with E-state index in [-0.39, 0.29) is 18.1 Å². The number of nitrogens with zero attached hydrogens (tertiary/aromatic N) is 1. The maximum Gasteiger partial charge on any atom is 0.528 e. The molecule has 0 bridgehead atoms. The molecule has 0 aliphatic carbocycles. The summed E-state index contributed by atoms with van der Waals surface area (Å²) in [6.07, 6.45) is -0.301. The summed E-state index contributed by atoms with van der Waals surface area (Å²) in [7, 11) is 0. The van der Waals surface area contributed by atoms with Crippen molar-refractivity contribution in [3.05, 3.63) is 114 Å². The number of fused-ring (bicyclic) bond motifs is 1. The van der Waals surface area contributed by atoms with Crippen LogP contribution in [0, 0.1) is 0 Å². The number of hydrogen-bond acceptors (Lipinski definition) is 8. The molecule has 1 fully saturated rings. The van der Waals surface area contributed by atoms with Gasteiger partial charge in [0.25, 0.3) is 0 Å². The molecule has 5 rings (SSSR count). The van der Waals surface area contributed by atoms with Gasteiger partial charge in [-0.1, -0.05) is 78.9 Å². The van der Waals surface area contributed by atoms with Crippen LogP contribution in [0.15, 0.2) is 97.1 Å². The van der Waals surface area contributed by atoms with Crippen molar-refractivity contribution in [1.29, 1.82) is 0 Å². The Morgan fingerprint density at radius 1 is 0.822 bits per heavy atom. The summed E-state index contributed by atoms with van der Waals surface area (Å²) in [5.74, 6) is 0.666. The van der Waals surface area contributed by atoms with Gasteiger partial charge in [-0.3, -0.25) is 0 Å². The third-order valence-electron chi connectivity index (χ3n) is 7.61. The van der Waals surface area contributed by atoms with Gasteiger partial charge in [-0.25, -0.2) is 4.79 Å². The number of carbonyl (C=O) groups is 1. The molecule has 1 heterocycles. The van der Waals surface area contributed by atoms with Crippen LogP contribution in [0.3, 0.4) is 0 Å². The van der Waals surface area contributed by atoms with Crippen LogP contribution in [0.2, 0.25) is 0 Å². The van der Waals surface area contributed by atoms with Gasteiger partial charge in [0.2, 0.25) is 0 Å². The number of ether oxygens (including phenoxy) is 4. The smallest absolute Gasteiger partial charge is 0.494 e. The molecule has 0 radical (unpaired) electrons. The van der Waals surface area contributed by atoms with Crippen LogP contribution in [0.4, 0.5) is 4.79 Å². The molecule has 0 spiro atoms. The molecule has 3 unspecified atom stereocenters. The van der Waals surface area contributed by atoms with E-state index in [1.807, 2.05) is 54.6 Å². The quantitative estimate of drug-likeness (QED) is 0.135. The minimum Gasteiger partial charge on any atom is -0.494 e. The van der Waals surface area contributed by atoms with Gasteiger partial charge in [0.05, 0.1) is 45.6 Å². The van der Waals surface area contributed by atoms with Crippen molar-refractivity contribution in [3.63, 3.8) is 0 Å².